The van der Waals surface area contributed by atoms with Crippen LogP contribution in [0, 0.1) is 5.92 Å². The van der Waals surface area contributed by atoms with Crippen molar-refractivity contribution >= 4 is 35.5 Å². The first-order valence-electron chi connectivity index (χ1n) is 8.39. The summed E-state index contributed by atoms with van der Waals surface area (Å²) in [6, 6.07) is -3.59. The third kappa shape index (κ3) is 8.52. The van der Waals surface area contributed by atoms with Gasteiger partial charge in [-0.1, -0.05) is 13.8 Å². The number of carbonyl (C=O) groups is 4. The van der Waals surface area contributed by atoms with Crippen LogP contribution in [-0.2, 0) is 19.2 Å². The summed E-state index contributed by atoms with van der Waals surface area (Å²) in [4.78, 5) is 47.6. The number of rotatable bonds is 11. The van der Waals surface area contributed by atoms with E-state index in [1.165, 1.54) is 25.6 Å². The fourth-order valence-electron chi connectivity index (χ4n) is 1.96. The van der Waals surface area contributed by atoms with Gasteiger partial charge in [0.1, 0.15) is 18.1 Å². The van der Waals surface area contributed by atoms with Gasteiger partial charge in [-0.15, -0.1) is 0 Å². The normalized spacial score (nSPS) is 15.5. The predicted molar refractivity (Wildman–Crippen MR) is 101 cm³/mol. The molecule has 150 valence electrons. The quantitative estimate of drug-likeness (QED) is 0.313. The fourth-order valence-corrected chi connectivity index (χ4v) is 2.43. The Labute approximate surface area is 158 Å². The van der Waals surface area contributed by atoms with Crippen LogP contribution in [0.5, 0.6) is 0 Å². The summed E-state index contributed by atoms with van der Waals surface area (Å²) < 4.78 is 0. The van der Waals surface area contributed by atoms with Gasteiger partial charge in [0.15, 0.2) is 0 Å². The van der Waals surface area contributed by atoms with Crippen LogP contribution in [-0.4, -0.2) is 65.0 Å². The van der Waals surface area contributed by atoms with Crippen LogP contribution in [0.15, 0.2) is 0 Å². The molecule has 10 heteroatoms. The Hall–Kier alpha value is -1.81. The smallest absolute Gasteiger partial charge is 0.325 e. The van der Waals surface area contributed by atoms with E-state index in [1.807, 2.05) is 6.26 Å². The molecule has 4 atom stereocenters. The monoisotopic (exact) mass is 390 g/mol. The molecule has 26 heavy (non-hydrogen) atoms. The van der Waals surface area contributed by atoms with Gasteiger partial charge in [-0.25, -0.2) is 0 Å². The molecule has 0 saturated heterocycles. The van der Waals surface area contributed by atoms with Gasteiger partial charge < -0.3 is 26.8 Å². The van der Waals surface area contributed by atoms with Gasteiger partial charge in [-0.3, -0.25) is 19.2 Å². The summed E-state index contributed by atoms with van der Waals surface area (Å²) in [5.74, 6) is -2.36. The molecule has 0 saturated carbocycles. The summed E-state index contributed by atoms with van der Waals surface area (Å²) in [5, 5.41) is 16.4. The van der Waals surface area contributed by atoms with Crippen LogP contribution < -0.4 is 21.7 Å². The van der Waals surface area contributed by atoms with E-state index in [0.717, 1.165) is 0 Å². The van der Waals surface area contributed by atoms with Gasteiger partial charge in [-0.2, -0.15) is 11.8 Å². The van der Waals surface area contributed by atoms with Crippen LogP contribution in [0.3, 0.4) is 0 Å². The Bertz CT molecular complexity index is 513. The minimum atomic E-state index is -1.17. The zero-order valence-electron chi connectivity index (χ0n) is 15.9. The zero-order chi connectivity index (χ0) is 20.4. The highest BCUT2D eigenvalue weighted by Gasteiger charge is 2.30. The molecule has 0 aromatic rings. The number of nitrogens with one attached hydrogen (secondary N) is 3. The van der Waals surface area contributed by atoms with Crippen molar-refractivity contribution in [3.8, 4) is 0 Å². The third-order valence-electron chi connectivity index (χ3n) is 3.63. The maximum atomic E-state index is 12.6. The number of aliphatic carboxylic acids is 1. The lowest BCUT2D eigenvalue weighted by atomic mass is 10.0. The van der Waals surface area contributed by atoms with E-state index in [-0.39, 0.29) is 5.92 Å². The van der Waals surface area contributed by atoms with Crippen molar-refractivity contribution in [1.82, 2.24) is 16.0 Å². The van der Waals surface area contributed by atoms with Gasteiger partial charge in [0.2, 0.25) is 17.7 Å². The lowest BCUT2D eigenvalue weighted by Crippen LogP contribution is -2.58. The third-order valence-corrected chi connectivity index (χ3v) is 4.28. The lowest BCUT2D eigenvalue weighted by Gasteiger charge is -2.26. The van der Waals surface area contributed by atoms with E-state index in [1.54, 1.807) is 13.8 Å². The highest BCUT2D eigenvalue weighted by molar-refractivity contribution is 7.98. The highest BCUT2D eigenvalue weighted by atomic mass is 32.2. The zero-order valence-corrected chi connectivity index (χ0v) is 16.7. The molecule has 0 bridgehead atoms. The second-order valence-corrected chi connectivity index (χ2v) is 7.42. The number of amides is 3. The topological polar surface area (TPSA) is 151 Å². The molecule has 0 rings (SSSR count). The van der Waals surface area contributed by atoms with Crippen LogP contribution in [0.25, 0.3) is 0 Å². The molecule has 0 spiro atoms. The molecular weight excluding hydrogens is 360 g/mol. The van der Waals surface area contributed by atoms with Crippen molar-refractivity contribution in [2.24, 2.45) is 11.7 Å². The first-order chi connectivity index (χ1) is 12.0. The van der Waals surface area contributed by atoms with Crippen molar-refractivity contribution in [3.63, 3.8) is 0 Å². The van der Waals surface area contributed by atoms with Gasteiger partial charge in [-0.05, 0) is 38.2 Å². The van der Waals surface area contributed by atoms with Crippen LogP contribution >= 0.6 is 11.8 Å². The van der Waals surface area contributed by atoms with Crippen LogP contribution in [0.4, 0.5) is 0 Å². The first-order valence-corrected chi connectivity index (χ1v) is 9.79. The number of nitrogens with two attached hydrogens (primary N) is 1. The summed E-state index contributed by atoms with van der Waals surface area (Å²) in [5.41, 5.74) is 5.52. The maximum Gasteiger partial charge on any atom is 0.325 e. The van der Waals surface area contributed by atoms with Crippen molar-refractivity contribution in [3.05, 3.63) is 0 Å². The number of carbonyl (C=O) groups excluding carboxylic acids is 3. The minimum Gasteiger partial charge on any atom is -0.480 e. The van der Waals surface area contributed by atoms with Gasteiger partial charge in [0, 0.05) is 0 Å². The summed E-state index contributed by atoms with van der Waals surface area (Å²) >= 11 is 1.50. The fraction of sp³-hybridized carbons (Fsp3) is 0.750. The van der Waals surface area contributed by atoms with E-state index < -0.39 is 47.9 Å². The van der Waals surface area contributed by atoms with Crippen LogP contribution in [0.1, 0.15) is 34.1 Å². The number of hydrogen-bond acceptors (Lipinski definition) is 6. The summed E-state index contributed by atoms with van der Waals surface area (Å²) in [6.45, 7) is 6.37. The van der Waals surface area contributed by atoms with E-state index in [2.05, 4.69) is 16.0 Å². The lowest BCUT2D eigenvalue weighted by molar-refractivity contribution is -0.141. The Morgan fingerprint density at radius 1 is 0.962 bits per heavy atom. The van der Waals surface area contributed by atoms with Gasteiger partial charge >= 0.3 is 5.97 Å². The molecule has 0 fully saturated rings. The van der Waals surface area contributed by atoms with Crippen molar-refractivity contribution in [1.29, 1.82) is 0 Å². The van der Waals surface area contributed by atoms with E-state index in [9.17, 15) is 19.2 Å². The largest absolute Gasteiger partial charge is 0.480 e. The predicted octanol–water partition coefficient (Wildman–Crippen LogP) is -0.698. The number of thioether (sulfide) groups is 1. The molecule has 0 aliphatic heterocycles. The Morgan fingerprint density at radius 3 is 1.96 bits per heavy atom. The van der Waals surface area contributed by atoms with Crippen LogP contribution in [0.2, 0.25) is 0 Å². The molecule has 0 aromatic heterocycles. The van der Waals surface area contributed by atoms with Crippen molar-refractivity contribution in [2.45, 2.75) is 58.3 Å². The summed E-state index contributed by atoms with van der Waals surface area (Å²) in [7, 11) is 0. The molecule has 0 aliphatic rings. The first kappa shape index (κ1) is 24.2. The Kier molecular flexibility index (Phi) is 10.9. The molecule has 9 nitrogen and oxygen atoms in total. The van der Waals surface area contributed by atoms with Crippen molar-refractivity contribution < 1.29 is 24.3 Å². The molecule has 6 N–H and O–H groups in total. The second kappa shape index (κ2) is 11.7. The molecule has 0 aromatic carbocycles. The molecular formula is C16H30N4O5S. The van der Waals surface area contributed by atoms with Gasteiger partial charge in [0.05, 0.1) is 6.04 Å². The minimum absolute atomic E-state index is 0.222. The molecule has 0 heterocycles. The SMILES string of the molecule is CSCCC(NC(=O)C(NC(=O)C(C)N)C(C)C)C(=O)NC(C)C(=O)O. The van der Waals surface area contributed by atoms with E-state index in [0.29, 0.717) is 12.2 Å². The van der Waals surface area contributed by atoms with E-state index >= 15 is 0 Å². The number of carboxylic acids is 1. The van der Waals surface area contributed by atoms with Gasteiger partial charge in [0.25, 0.3) is 0 Å². The second-order valence-electron chi connectivity index (χ2n) is 6.43. The molecule has 4 unspecified atom stereocenters. The average molecular weight is 391 g/mol. The summed E-state index contributed by atoms with van der Waals surface area (Å²) in [6.07, 6.45) is 2.19. The Morgan fingerprint density at radius 2 is 1.54 bits per heavy atom. The number of carboxylic acid groups (broad SMARTS) is 1. The molecule has 3 amide bonds. The number of hydrogen-bond donors (Lipinski definition) is 5. The Balaban J connectivity index is 5.14. The van der Waals surface area contributed by atoms with E-state index in [4.69, 9.17) is 10.8 Å². The molecule has 0 aliphatic carbocycles. The standard InChI is InChI=1S/C16H30N4O5S/c1-8(2)12(20-13(21)9(3)17)15(23)19-11(6-7-26-5)14(22)18-10(4)16(24)25/h8-12H,6-7,17H2,1-5H3,(H,18,22)(H,19,23)(H,20,21)(H,24,25). The van der Waals surface area contributed by atoms with Crippen molar-refractivity contribution in [2.75, 3.05) is 12.0 Å². The maximum absolute atomic E-state index is 12.6. The molecule has 0 radical (unpaired) electrons. The average Bonchev–Trinajstić information content (AvgIpc) is 2.54. The highest BCUT2D eigenvalue weighted by Crippen LogP contribution is 2.06.